The predicted molar refractivity (Wildman–Crippen MR) is 77.2 cm³/mol. The van der Waals surface area contributed by atoms with Gasteiger partial charge in [-0.25, -0.2) is 4.98 Å². The van der Waals surface area contributed by atoms with Crippen molar-refractivity contribution in [1.82, 2.24) is 10.3 Å². The molecule has 1 aromatic carbocycles. The third kappa shape index (κ3) is 3.00. The van der Waals surface area contributed by atoms with Gasteiger partial charge in [0.1, 0.15) is 4.88 Å². The number of nitrogen functional groups attached to an aromatic ring is 1. The van der Waals surface area contributed by atoms with Crippen LogP contribution in [0.3, 0.4) is 0 Å². The first kappa shape index (κ1) is 14.1. The van der Waals surface area contributed by atoms with Crippen molar-refractivity contribution < 1.29 is 14.3 Å². The van der Waals surface area contributed by atoms with E-state index in [9.17, 15) is 4.79 Å². The van der Waals surface area contributed by atoms with E-state index in [0.29, 0.717) is 28.1 Å². The Morgan fingerprint density at radius 2 is 2.20 bits per heavy atom. The summed E-state index contributed by atoms with van der Waals surface area (Å²) in [4.78, 5) is 16.2. The Bertz CT molecular complexity index is 613. The van der Waals surface area contributed by atoms with Gasteiger partial charge in [-0.3, -0.25) is 4.79 Å². The minimum atomic E-state index is -0.218. The molecule has 20 heavy (non-hydrogen) atoms. The maximum atomic E-state index is 11.9. The van der Waals surface area contributed by atoms with Crippen molar-refractivity contribution >= 4 is 22.4 Å². The zero-order valence-corrected chi connectivity index (χ0v) is 12.0. The number of methoxy groups -OCH3 is 2. The molecule has 1 heterocycles. The highest BCUT2D eigenvalue weighted by Crippen LogP contribution is 2.30. The molecule has 0 saturated carbocycles. The lowest BCUT2D eigenvalue weighted by Gasteiger charge is -2.12. The lowest BCUT2D eigenvalue weighted by molar-refractivity contribution is 0.0954. The Morgan fingerprint density at radius 1 is 1.40 bits per heavy atom. The maximum Gasteiger partial charge on any atom is 0.263 e. The zero-order chi connectivity index (χ0) is 14.5. The summed E-state index contributed by atoms with van der Waals surface area (Å²) in [5.41, 5.74) is 6.33. The minimum absolute atomic E-state index is 0.218. The van der Waals surface area contributed by atoms with Gasteiger partial charge in [0.2, 0.25) is 0 Å². The van der Waals surface area contributed by atoms with E-state index < -0.39 is 0 Å². The average molecular weight is 293 g/mol. The standard InChI is InChI=1S/C13H15N3O3S/c1-18-9-5-3-4-8(11(9)19-2)6-15-12(17)10-7-16-13(14)20-10/h3-5,7H,6H2,1-2H3,(H2,14,16)(H,15,17). The van der Waals surface area contributed by atoms with Gasteiger partial charge in [0.05, 0.1) is 20.4 Å². The number of ether oxygens (including phenoxy) is 2. The number of thiazole rings is 1. The van der Waals surface area contributed by atoms with E-state index in [-0.39, 0.29) is 5.91 Å². The van der Waals surface area contributed by atoms with Gasteiger partial charge in [-0.15, -0.1) is 0 Å². The summed E-state index contributed by atoms with van der Waals surface area (Å²) < 4.78 is 10.5. The quantitative estimate of drug-likeness (QED) is 0.875. The molecule has 3 N–H and O–H groups in total. The second kappa shape index (κ2) is 6.25. The number of benzene rings is 1. The molecule has 0 fully saturated rings. The highest BCUT2D eigenvalue weighted by atomic mass is 32.1. The SMILES string of the molecule is COc1cccc(CNC(=O)c2cnc(N)s2)c1OC. The van der Waals surface area contributed by atoms with Crippen LogP contribution in [0.5, 0.6) is 11.5 Å². The number of carbonyl (C=O) groups is 1. The van der Waals surface area contributed by atoms with E-state index in [4.69, 9.17) is 15.2 Å². The molecule has 0 atom stereocenters. The average Bonchev–Trinajstić information content (AvgIpc) is 2.90. The number of aromatic nitrogens is 1. The Labute approximate surface area is 120 Å². The fourth-order valence-electron chi connectivity index (χ4n) is 1.75. The van der Waals surface area contributed by atoms with Crippen LogP contribution in [-0.4, -0.2) is 25.1 Å². The van der Waals surface area contributed by atoms with Crippen molar-refractivity contribution in [2.24, 2.45) is 0 Å². The summed E-state index contributed by atoms with van der Waals surface area (Å²) >= 11 is 1.15. The molecule has 2 aromatic rings. The smallest absolute Gasteiger partial charge is 0.263 e. The van der Waals surface area contributed by atoms with Crippen molar-refractivity contribution in [2.45, 2.75) is 6.54 Å². The van der Waals surface area contributed by atoms with Crippen LogP contribution < -0.4 is 20.5 Å². The minimum Gasteiger partial charge on any atom is -0.493 e. The molecule has 106 valence electrons. The van der Waals surface area contributed by atoms with Crippen LogP contribution in [0, 0.1) is 0 Å². The first-order valence-corrected chi connectivity index (χ1v) is 6.66. The van der Waals surface area contributed by atoms with Crippen LogP contribution in [0.2, 0.25) is 0 Å². The molecule has 0 aliphatic heterocycles. The van der Waals surface area contributed by atoms with E-state index in [1.165, 1.54) is 6.20 Å². The normalized spacial score (nSPS) is 10.1. The number of para-hydroxylation sites is 1. The Morgan fingerprint density at radius 3 is 2.80 bits per heavy atom. The molecule has 0 unspecified atom stereocenters. The summed E-state index contributed by atoms with van der Waals surface area (Å²) in [6, 6.07) is 5.50. The number of nitrogens with zero attached hydrogens (tertiary/aromatic N) is 1. The highest BCUT2D eigenvalue weighted by molar-refractivity contribution is 7.17. The first-order chi connectivity index (χ1) is 9.65. The van der Waals surface area contributed by atoms with Gasteiger partial charge in [0, 0.05) is 12.1 Å². The number of anilines is 1. The second-order valence-electron chi connectivity index (χ2n) is 3.90. The monoisotopic (exact) mass is 293 g/mol. The first-order valence-electron chi connectivity index (χ1n) is 5.85. The van der Waals surface area contributed by atoms with Crippen LogP contribution in [0.15, 0.2) is 24.4 Å². The molecular weight excluding hydrogens is 278 g/mol. The number of hydrogen-bond acceptors (Lipinski definition) is 6. The lowest BCUT2D eigenvalue weighted by atomic mass is 10.2. The molecule has 2 rings (SSSR count). The number of hydrogen-bond donors (Lipinski definition) is 2. The van der Waals surface area contributed by atoms with Crippen molar-refractivity contribution in [3.05, 3.63) is 34.8 Å². The Balaban J connectivity index is 2.09. The fourth-order valence-corrected chi connectivity index (χ4v) is 2.35. The highest BCUT2D eigenvalue weighted by Gasteiger charge is 2.12. The molecule has 0 spiro atoms. The summed E-state index contributed by atoms with van der Waals surface area (Å²) in [7, 11) is 3.13. The van der Waals surface area contributed by atoms with Gasteiger partial charge in [0.15, 0.2) is 16.6 Å². The second-order valence-corrected chi connectivity index (χ2v) is 4.96. The Kier molecular flexibility index (Phi) is 4.41. The predicted octanol–water partition coefficient (Wildman–Crippen LogP) is 1.67. The van der Waals surface area contributed by atoms with E-state index in [1.54, 1.807) is 20.3 Å². The number of nitrogens with two attached hydrogens (primary N) is 1. The van der Waals surface area contributed by atoms with Crippen molar-refractivity contribution in [3.8, 4) is 11.5 Å². The summed E-state index contributed by atoms with van der Waals surface area (Å²) in [6.07, 6.45) is 1.46. The Hall–Kier alpha value is -2.28. The van der Waals surface area contributed by atoms with E-state index >= 15 is 0 Å². The molecule has 0 saturated heterocycles. The third-order valence-electron chi connectivity index (χ3n) is 2.67. The summed E-state index contributed by atoms with van der Waals surface area (Å²) in [5, 5.41) is 3.16. The van der Waals surface area contributed by atoms with Crippen molar-refractivity contribution in [3.63, 3.8) is 0 Å². The number of carbonyl (C=O) groups excluding carboxylic acids is 1. The largest absolute Gasteiger partial charge is 0.493 e. The topological polar surface area (TPSA) is 86.5 Å². The van der Waals surface area contributed by atoms with Crippen molar-refractivity contribution in [2.75, 3.05) is 20.0 Å². The molecule has 7 heteroatoms. The molecular formula is C13H15N3O3S. The lowest BCUT2D eigenvalue weighted by Crippen LogP contribution is -2.22. The van der Waals surface area contributed by atoms with Gasteiger partial charge < -0.3 is 20.5 Å². The molecule has 0 aliphatic carbocycles. The van der Waals surface area contributed by atoms with Gasteiger partial charge in [-0.05, 0) is 6.07 Å². The van der Waals surface area contributed by atoms with E-state index in [0.717, 1.165) is 16.9 Å². The molecule has 0 bridgehead atoms. The zero-order valence-electron chi connectivity index (χ0n) is 11.2. The molecule has 1 amide bonds. The van der Waals surface area contributed by atoms with Crippen molar-refractivity contribution in [1.29, 1.82) is 0 Å². The van der Waals surface area contributed by atoms with E-state index in [1.807, 2.05) is 12.1 Å². The van der Waals surface area contributed by atoms with Gasteiger partial charge >= 0.3 is 0 Å². The van der Waals surface area contributed by atoms with Gasteiger partial charge in [0.25, 0.3) is 5.91 Å². The van der Waals surface area contributed by atoms with Crippen LogP contribution in [0.25, 0.3) is 0 Å². The van der Waals surface area contributed by atoms with Crippen LogP contribution in [0.1, 0.15) is 15.2 Å². The van der Waals surface area contributed by atoms with E-state index in [2.05, 4.69) is 10.3 Å². The fraction of sp³-hybridized carbons (Fsp3) is 0.231. The maximum absolute atomic E-state index is 11.9. The molecule has 6 nitrogen and oxygen atoms in total. The number of amides is 1. The van der Waals surface area contributed by atoms with Crippen LogP contribution in [0.4, 0.5) is 5.13 Å². The molecule has 0 aliphatic rings. The third-order valence-corrected chi connectivity index (χ3v) is 3.50. The molecule has 0 radical (unpaired) electrons. The van der Waals surface area contributed by atoms with Crippen LogP contribution >= 0.6 is 11.3 Å². The number of nitrogens with one attached hydrogen (secondary N) is 1. The number of rotatable bonds is 5. The van der Waals surface area contributed by atoms with Crippen LogP contribution in [-0.2, 0) is 6.54 Å². The summed E-state index contributed by atoms with van der Waals surface area (Å²) in [5.74, 6) is 1.02. The van der Waals surface area contributed by atoms with Gasteiger partial charge in [-0.1, -0.05) is 23.5 Å². The molecule has 1 aromatic heterocycles. The summed E-state index contributed by atoms with van der Waals surface area (Å²) in [6.45, 7) is 0.330. The van der Waals surface area contributed by atoms with Gasteiger partial charge in [-0.2, -0.15) is 0 Å².